The molecule has 1 aromatic carbocycles. The summed E-state index contributed by atoms with van der Waals surface area (Å²) < 4.78 is 3.06. The van der Waals surface area contributed by atoms with Crippen molar-refractivity contribution >= 4 is 33.5 Å². The van der Waals surface area contributed by atoms with Gasteiger partial charge in [0.05, 0.1) is 5.69 Å². The minimum absolute atomic E-state index is 0.763. The Bertz CT molecular complexity index is 793. The third-order valence-corrected chi connectivity index (χ3v) is 5.15. The van der Waals surface area contributed by atoms with Crippen molar-refractivity contribution in [3.05, 3.63) is 57.6 Å². The molecule has 0 aliphatic rings. The number of imidazole rings is 1. The molecule has 5 heteroatoms. The molecule has 0 atom stereocenters. The van der Waals surface area contributed by atoms with Crippen LogP contribution in [0.2, 0.25) is 0 Å². The van der Waals surface area contributed by atoms with Crippen molar-refractivity contribution < 1.29 is 0 Å². The molecule has 0 amide bonds. The van der Waals surface area contributed by atoms with E-state index in [9.17, 15) is 0 Å². The van der Waals surface area contributed by atoms with Crippen molar-refractivity contribution in [3.63, 3.8) is 0 Å². The van der Waals surface area contributed by atoms with Gasteiger partial charge in [0, 0.05) is 22.0 Å². The summed E-state index contributed by atoms with van der Waals surface area (Å²) in [6.07, 6.45) is 0. The van der Waals surface area contributed by atoms with Gasteiger partial charge in [-0.2, -0.15) is 0 Å². The highest BCUT2D eigenvalue weighted by Crippen LogP contribution is 2.28. The zero-order valence-electron chi connectivity index (χ0n) is 12.2. The van der Waals surface area contributed by atoms with E-state index in [1.165, 1.54) is 10.5 Å². The van der Waals surface area contributed by atoms with Crippen LogP contribution in [-0.2, 0) is 5.75 Å². The fraction of sp³-hybridized carbons (Fsp3) is 0.250. The normalized spacial score (nSPS) is 11.2. The van der Waals surface area contributed by atoms with Crippen molar-refractivity contribution in [3.8, 4) is 0 Å². The number of halogens is 1. The molecular formula is C16H16BrN3S. The zero-order chi connectivity index (χ0) is 15.0. The number of thioether (sulfide) groups is 1. The summed E-state index contributed by atoms with van der Waals surface area (Å²) in [5, 5.41) is 0. The highest BCUT2D eigenvalue weighted by atomic mass is 79.9. The van der Waals surface area contributed by atoms with Crippen molar-refractivity contribution in [2.75, 3.05) is 0 Å². The molecule has 0 saturated carbocycles. The fourth-order valence-corrected chi connectivity index (χ4v) is 3.94. The monoisotopic (exact) mass is 361 g/mol. The Morgan fingerprint density at radius 1 is 1.10 bits per heavy atom. The lowest BCUT2D eigenvalue weighted by molar-refractivity contribution is 0.996. The highest BCUT2D eigenvalue weighted by Gasteiger charge is 2.13. The van der Waals surface area contributed by atoms with Gasteiger partial charge in [-0.1, -0.05) is 17.7 Å². The van der Waals surface area contributed by atoms with Gasteiger partial charge in [0.15, 0.2) is 0 Å². The lowest BCUT2D eigenvalue weighted by Crippen LogP contribution is -1.96. The van der Waals surface area contributed by atoms with Gasteiger partial charge in [0.2, 0.25) is 5.78 Å². The molecule has 2 aromatic heterocycles. The molecule has 2 heterocycles. The molecule has 0 N–H and O–H groups in total. The molecule has 0 spiro atoms. The van der Waals surface area contributed by atoms with Gasteiger partial charge in [0.1, 0.15) is 4.60 Å². The van der Waals surface area contributed by atoms with E-state index >= 15 is 0 Å². The van der Waals surface area contributed by atoms with Crippen LogP contribution in [0, 0.1) is 20.8 Å². The summed E-state index contributed by atoms with van der Waals surface area (Å²) in [7, 11) is 0. The SMILES string of the molecule is Cc1ccc(SCc2nc3nc(C)cc(C)n3c2Br)cc1. The largest absolute Gasteiger partial charge is 0.275 e. The third kappa shape index (κ3) is 2.99. The van der Waals surface area contributed by atoms with Crippen LogP contribution < -0.4 is 0 Å². The number of aromatic nitrogens is 3. The Morgan fingerprint density at radius 2 is 1.81 bits per heavy atom. The van der Waals surface area contributed by atoms with E-state index in [-0.39, 0.29) is 0 Å². The summed E-state index contributed by atoms with van der Waals surface area (Å²) in [6.45, 7) is 6.17. The van der Waals surface area contributed by atoms with Gasteiger partial charge < -0.3 is 0 Å². The number of fused-ring (bicyclic) bond motifs is 1. The molecule has 0 fully saturated rings. The molecule has 0 saturated heterocycles. The first-order chi connectivity index (χ1) is 10.0. The maximum Gasteiger partial charge on any atom is 0.235 e. The van der Waals surface area contributed by atoms with Crippen molar-refractivity contribution in [1.82, 2.24) is 14.4 Å². The van der Waals surface area contributed by atoms with E-state index < -0.39 is 0 Å². The quantitative estimate of drug-likeness (QED) is 0.632. The van der Waals surface area contributed by atoms with Gasteiger partial charge >= 0.3 is 0 Å². The average molecular weight is 362 g/mol. The predicted octanol–water partition coefficient (Wildman–Crippen LogP) is 4.71. The second kappa shape index (κ2) is 5.81. The van der Waals surface area contributed by atoms with Gasteiger partial charge in [-0.05, 0) is 54.9 Å². The summed E-state index contributed by atoms with van der Waals surface area (Å²) >= 11 is 5.45. The van der Waals surface area contributed by atoms with Crippen LogP contribution in [0.25, 0.3) is 5.78 Å². The second-order valence-electron chi connectivity index (χ2n) is 5.13. The van der Waals surface area contributed by atoms with E-state index in [0.29, 0.717) is 0 Å². The molecule has 0 radical (unpaired) electrons. The van der Waals surface area contributed by atoms with Gasteiger partial charge in [0.25, 0.3) is 0 Å². The summed E-state index contributed by atoms with van der Waals surface area (Å²) in [4.78, 5) is 10.4. The summed E-state index contributed by atoms with van der Waals surface area (Å²) in [5.74, 6) is 1.59. The smallest absolute Gasteiger partial charge is 0.235 e. The molecule has 3 aromatic rings. The number of aryl methyl sites for hydroxylation is 3. The van der Waals surface area contributed by atoms with Crippen molar-refractivity contribution in [1.29, 1.82) is 0 Å². The Balaban J connectivity index is 1.89. The number of nitrogens with zero attached hydrogens (tertiary/aromatic N) is 3. The Kier molecular flexibility index (Phi) is 4.04. The third-order valence-electron chi connectivity index (χ3n) is 3.31. The molecular weight excluding hydrogens is 346 g/mol. The van der Waals surface area contributed by atoms with Crippen LogP contribution in [0.4, 0.5) is 0 Å². The fourth-order valence-electron chi connectivity index (χ4n) is 2.26. The van der Waals surface area contributed by atoms with Crippen LogP contribution in [0.5, 0.6) is 0 Å². The maximum absolute atomic E-state index is 4.65. The summed E-state index contributed by atoms with van der Waals surface area (Å²) in [5.41, 5.74) is 4.45. The molecule has 3 rings (SSSR count). The highest BCUT2D eigenvalue weighted by molar-refractivity contribution is 9.10. The Morgan fingerprint density at radius 3 is 2.52 bits per heavy atom. The average Bonchev–Trinajstić information content (AvgIpc) is 2.74. The Hall–Kier alpha value is -1.33. The van der Waals surface area contributed by atoms with Crippen LogP contribution >= 0.6 is 27.7 Å². The van der Waals surface area contributed by atoms with Crippen molar-refractivity contribution in [2.45, 2.75) is 31.4 Å². The van der Waals surface area contributed by atoms with E-state index in [2.05, 4.69) is 74.5 Å². The van der Waals surface area contributed by atoms with Crippen LogP contribution in [0.1, 0.15) is 22.6 Å². The molecule has 0 aliphatic heterocycles. The first-order valence-electron chi connectivity index (χ1n) is 6.75. The van der Waals surface area contributed by atoms with Gasteiger partial charge in [-0.25, -0.2) is 9.97 Å². The number of hydrogen-bond donors (Lipinski definition) is 0. The first-order valence-corrected chi connectivity index (χ1v) is 8.53. The Labute approximate surface area is 136 Å². The first kappa shape index (κ1) is 14.6. The molecule has 0 aliphatic carbocycles. The maximum atomic E-state index is 4.65. The van der Waals surface area contributed by atoms with Crippen LogP contribution in [0.3, 0.4) is 0 Å². The van der Waals surface area contributed by atoms with Crippen molar-refractivity contribution in [2.24, 2.45) is 0 Å². The van der Waals surface area contributed by atoms with E-state index in [1.54, 1.807) is 11.8 Å². The standard InChI is InChI=1S/C16H16BrN3S/c1-10-4-6-13(7-5-10)21-9-14-15(17)20-12(3)8-11(2)18-16(20)19-14/h4-8H,9H2,1-3H3. The van der Waals surface area contributed by atoms with Gasteiger partial charge in [-0.15, -0.1) is 11.8 Å². The topological polar surface area (TPSA) is 30.2 Å². The van der Waals surface area contributed by atoms with E-state index in [4.69, 9.17) is 0 Å². The minimum Gasteiger partial charge on any atom is -0.275 e. The molecule has 108 valence electrons. The molecule has 0 unspecified atom stereocenters. The predicted molar refractivity (Wildman–Crippen MR) is 90.9 cm³/mol. The van der Waals surface area contributed by atoms with Crippen LogP contribution in [-0.4, -0.2) is 14.4 Å². The van der Waals surface area contributed by atoms with Crippen LogP contribution in [0.15, 0.2) is 39.8 Å². The lowest BCUT2D eigenvalue weighted by atomic mass is 10.2. The number of benzene rings is 1. The second-order valence-corrected chi connectivity index (χ2v) is 6.93. The molecule has 3 nitrogen and oxygen atoms in total. The van der Waals surface area contributed by atoms with E-state index in [0.717, 1.165) is 33.2 Å². The number of rotatable bonds is 3. The summed E-state index contributed by atoms with van der Waals surface area (Å²) in [6, 6.07) is 10.6. The minimum atomic E-state index is 0.763. The molecule has 0 bridgehead atoms. The lowest BCUT2D eigenvalue weighted by Gasteiger charge is -2.02. The number of hydrogen-bond acceptors (Lipinski definition) is 3. The molecule has 21 heavy (non-hydrogen) atoms. The van der Waals surface area contributed by atoms with E-state index in [1.807, 2.05) is 6.92 Å². The zero-order valence-corrected chi connectivity index (χ0v) is 14.6. The van der Waals surface area contributed by atoms with Gasteiger partial charge in [-0.3, -0.25) is 4.40 Å².